The van der Waals surface area contributed by atoms with Crippen LogP contribution in [0.4, 0.5) is 0 Å². The van der Waals surface area contributed by atoms with Crippen molar-refractivity contribution in [1.29, 1.82) is 0 Å². The van der Waals surface area contributed by atoms with Gasteiger partial charge in [0.05, 0.1) is 23.4 Å². The van der Waals surface area contributed by atoms with Crippen molar-refractivity contribution < 1.29 is 33.1 Å². The number of nitrogens with zero attached hydrogens (tertiary/aromatic N) is 1. The molecule has 0 amide bonds. The lowest BCUT2D eigenvalue weighted by Gasteiger charge is -2.08. The summed E-state index contributed by atoms with van der Waals surface area (Å²) in [5.41, 5.74) is 3.42. The van der Waals surface area contributed by atoms with Gasteiger partial charge in [0.25, 0.3) is 0 Å². The quantitative estimate of drug-likeness (QED) is 0.380. The van der Waals surface area contributed by atoms with Crippen molar-refractivity contribution in [1.82, 2.24) is 10.1 Å². The average Bonchev–Trinajstić information content (AvgIpc) is 3.28. The Morgan fingerprint density at radius 2 is 1.70 bits per heavy atom. The summed E-state index contributed by atoms with van der Waals surface area (Å²) in [6.45, 7) is 8.73. The lowest BCUT2D eigenvalue weighted by molar-refractivity contribution is 0.0473. The number of carbonyl (C=O) groups excluding carboxylic acids is 3. The molecular formula is C24H26N2O7. The fourth-order valence-corrected chi connectivity index (χ4v) is 3.41. The van der Waals surface area contributed by atoms with Gasteiger partial charge in [0, 0.05) is 11.3 Å². The molecule has 0 fully saturated rings. The third-order valence-corrected chi connectivity index (χ3v) is 5.18. The first-order valence-corrected chi connectivity index (χ1v) is 10.4. The maximum atomic E-state index is 12.6. The van der Waals surface area contributed by atoms with Gasteiger partial charge in [0.15, 0.2) is 6.61 Å². The molecule has 9 heteroatoms. The normalized spacial score (nSPS) is 10.7. The van der Waals surface area contributed by atoms with Crippen molar-refractivity contribution >= 4 is 17.7 Å². The Bertz CT molecular complexity index is 1150. The van der Waals surface area contributed by atoms with Crippen LogP contribution in [0.2, 0.25) is 0 Å². The van der Waals surface area contributed by atoms with Crippen LogP contribution in [0.3, 0.4) is 0 Å². The standard InChI is InChI=1S/C24H26N2O7/c1-6-30-24(29)22-13(2)21(15(4)25-22)20(27)12-32-23(28)17-7-9-18(10-8-17)31-11-19-14(3)26-33-16(19)5/h7-10,25H,6,11-12H2,1-5H3. The summed E-state index contributed by atoms with van der Waals surface area (Å²) in [6, 6.07) is 6.40. The van der Waals surface area contributed by atoms with E-state index in [4.69, 9.17) is 18.7 Å². The number of hydrogen-bond acceptors (Lipinski definition) is 8. The molecule has 0 saturated heterocycles. The molecule has 0 aliphatic rings. The fraction of sp³-hybridized carbons (Fsp3) is 0.333. The first-order chi connectivity index (χ1) is 15.7. The average molecular weight is 454 g/mol. The Hall–Kier alpha value is -3.88. The number of nitrogens with one attached hydrogen (secondary N) is 1. The van der Waals surface area contributed by atoms with Gasteiger partial charge >= 0.3 is 11.9 Å². The number of Topliss-reactive ketones (excluding diaryl/α,β-unsaturated/α-hetero) is 1. The molecule has 0 bridgehead atoms. The number of benzene rings is 1. The summed E-state index contributed by atoms with van der Waals surface area (Å²) in [5, 5.41) is 3.88. The molecule has 0 radical (unpaired) electrons. The van der Waals surface area contributed by atoms with Crippen molar-refractivity contribution in [3.05, 3.63) is 69.4 Å². The maximum absolute atomic E-state index is 12.6. The summed E-state index contributed by atoms with van der Waals surface area (Å²) in [7, 11) is 0. The van der Waals surface area contributed by atoms with E-state index in [9.17, 15) is 14.4 Å². The number of rotatable bonds is 9. The van der Waals surface area contributed by atoms with Gasteiger partial charge in [-0.2, -0.15) is 0 Å². The van der Waals surface area contributed by atoms with Crippen LogP contribution in [0.15, 0.2) is 28.8 Å². The number of aromatic nitrogens is 2. The molecular weight excluding hydrogens is 428 g/mol. The summed E-state index contributed by atoms with van der Waals surface area (Å²) >= 11 is 0. The molecule has 33 heavy (non-hydrogen) atoms. The third-order valence-electron chi connectivity index (χ3n) is 5.18. The summed E-state index contributed by atoms with van der Waals surface area (Å²) in [5.74, 6) is -0.334. The van der Waals surface area contributed by atoms with E-state index in [1.165, 1.54) is 0 Å². The minimum atomic E-state index is -0.642. The van der Waals surface area contributed by atoms with E-state index in [0.29, 0.717) is 34.9 Å². The van der Waals surface area contributed by atoms with Crippen LogP contribution >= 0.6 is 0 Å². The summed E-state index contributed by atoms with van der Waals surface area (Å²) in [4.78, 5) is 39.9. The minimum Gasteiger partial charge on any atom is -0.489 e. The number of carbonyl (C=O) groups is 3. The zero-order chi connectivity index (χ0) is 24.1. The van der Waals surface area contributed by atoms with E-state index in [1.54, 1.807) is 45.0 Å². The highest BCUT2D eigenvalue weighted by Gasteiger charge is 2.23. The Balaban J connectivity index is 1.58. The molecule has 2 aromatic heterocycles. The largest absolute Gasteiger partial charge is 0.489 e. The van der Waals surface area contributed by atoms with Crippen LogP contribution in [-0.4, -0.2) is 41.1 Å². The second-order valence-electron chi connectivity index (χ2n) is 7.46. The number of ketones is 1. The van der Waals surface area contributed by atoms with E-state index < -0.39 is 24.3 Å². The number of aryl methyl sites for hydroxylation is 3. The zero-order valence-electron chi connectivity index (χ0n) is 19.2. The molecule has 0 aliphatic carbocycles. The molecule has 1 aromatic carbocycles. The first kappa shape index (κ1) is 23.8. The smallest absolute Gasteiger partial charge is 0.355 e. The molecule has 1 N–H and O–H groups in total. The lowest BCUT2D eigenvalue weighted by Crippen LogP contribution is -2.15. The van der Waals surface area contributed by atoms with Crippen LogP contribution in [0.5, 0.6) is 5.75 Å². The van der Waals surface area contributed by atoms with Crippen LogP contribution in [0.25, 0.3) is 0 Å². The van der Waals surface area contributed by atoms with Gasteiger partial charge in [-0.05, 0) is 64.4 Å². The van der Waals surface area contributed by atoms with Gasteiger partial charge in [-0.25, -0.2) is 9.59 Å². The number of aromatic amines is 1. The molecule has 174 valence electrons. The lowest BCUT2D eigenvalue weighted by atomic mass is 10.1. The fourth-order valence-electron chi connectivity index (χ4n) is 3.41. The topological polar surface area (TPSA) is 121 Å². The molecule has 0 aliphatic heterocycles. The molecule has 9 nitrogen and oxygen atoms in total. The predicted molar refractivity (Wildman–Crippen MR) is 118 cm³/mol. The van der Waals surface area contributed by atoms with E-state index in [-0.39, 0.29) is 17.9 Å². The second kappa shape index (κ2) is 10.2. The molecule has 0 saturated carbocycles. The molecule has 0 unspecified atom stereocenters. The van der Waals surface area contributed by atoms with Crippen LogP contribution in [-0.2, 0) is 16.1 Å². The van der Waals surface area contributed by atoms with Gasteiger partial charge < -0.3 is 23.7 Å². The Morgan fingerprint density at radius 1 is 1.00 bits per heavy atom. The Kier molecular flexibility index (Phi) is 7.32. The maximum Gasteiger partial charge on any atom is 0.355 e. The van der Waals surface area contributed by atoms with Crippen molar-refractivity contribution in [3.8, 4) is 5.75 Å². The molecule has 3 aromatic rings. The number of H-pyrrole nitrogens is 1. The van der Waals surface area contributed by atoms with E-state index >= 15 is 0 Å². The molecule has 0 atom stereocenters. The Labute approximate surface area is 191 Å². The SMILES string of the molecule is CCOC(=O)c1[nH]c(C)c(C(=O)COC(=O)c2ccc(OCc3c(C)noc3C)cc2)c1C. The van der Waals surface area contributed by atoms with Gasteiger partial charge in [0.2, 0.25) is 5.78 Å². The predicted octanol–water partition coefficient (Wildman–Crippen LogP) is 4.03. The van der Waals surface area contributed by atoms with Crippen molar-refractivity contribution in [3.63, 3.8) is 0 Å². The number of hydrogen-bond donors (Lipinski definition) is 1. The van der Waals surface area contributed by atoms with Crippen molar-refractivity contribution in [2.45, 2.75) is 41.2 Å². The van der Waals surface area contributed by atoms with Gasteiger partial charge in [0.1, 0.15) is 23.8 Å². The first-order valence-electron chi connectivity index (χ1n) is 10.4. The second-order valence-corrected chi connectivity index (χ2v) is 7.46. The van der Waals surface area contributed by atoms with E-state index in [2.05, 4.69) is 10.1 Å². The van der Waals surface area contributed by atoms with Gasteiger partial charge in [-0.15, -0.1) is 0 Å². The van der Waals surface area contributed by atoms with E-state index in [1.807, 2.05) is 13.8 Å². The molecule has 2 heterocycles. The number of esters is 2. The molecule has 3 rings (SSSR count). The van der Waals surface area contributed by atoms with Crippen LogP contribution in [0, 0.1) is 27.7 Å². The summed E-state index contributed by atoms with van der Waals surface area (Å²) in [6.07, 6.45) is 0. The highest BCUT2D eigenvalue weighted by atomic mass is 16.5. The van der Waals surface area contributed by atoms with Crippen molar-refractivity contribution in [2.24, 2.45) is 0 Å². The van der Waals surface area contributed by atoms with Gasteiger partial charge in [-0.1, -0.05) is 5.16 Å². The summed E-state index contributed by atoms with van der Waals surface area (Å²) < 4.78 is 21.0. The Morgan fingerprint density at radius 3 is 2.30 bits per heavy atom. The minimum absolute atomic E-state index is 0.219. The highest BCUT2D eigenvalue weighted by molar-refractivity contribution is 6.04. The van der Waals surface area contributed by atoms with Gasteiger partial charge in [-0.3, -0.25) is 4.79 Å². The van der Waals surface area contributed by atoms with Crippen LogP contribution in [0.1, 0.15) is 66.4 Å². The molecule has 0 spiro atoms. The monoisotopic (exact) mass is 454 g/mol. The van der Waals surface area contributed by atoms with Crippen LogP contribution < -0.4 is 4.74 Å². The number of ether oxygens (including phenoxy) is 3. The third kappa shape index (κ3) is 5.31. The highest BCUT2D eigenvalue weighted by Crippen LogP contribution is 2.21. The van der Waals surface area contributed by atoms with E-state index in [0.717, 1.165) is 11.3 Å². The zero-order valence-corrected chi connectivity index (χ0v) is 19.2. The van der Waals surface area contributed by atoms with Crippen molar-refractivity contribution in [2.75, 3.05) is 13.2 Å².